The highest BCUT2D eigenvalue weighted by molar-refractivity contribution is 6.31. The first-order valence-corrected chi connectivity index (χ1v) is 5.26. The molecule has 0 spiro atoms. The maximum Gasteiger partial charge on any atom is 0.131 e. The highest BCUT2D eigenvalue weighted by Crippen LogP contribution is 2.21. The summed E-state index contributed by atoms with van der Waals surface area (Å²) >= 11 is 5.88. The standard InChI is InChI=1S/C13H10ClFO/c14-12-7-4-8-13(15)11(12)9-16-10-5-2-1-3-6-10/h1-8H,9H2. The largest absolute Gasteiger partial charge is 0.489 e. The molecule has 3 heteroatoms. The minimum atomic E-state index is -0.344. The van der Waals surface area contributed by atoms with E-state index < -0.39 is 0 Å². The van der Waals surface area contributed by atoms with E-state index in [9.17, 15) is 4.39 Å². The van der Waals surface area contributed by atoms with E-state index in [1.54, 1.807) is 12.1 Å². The Morgan fingerprint density at radius 3 is 2.44 bits per heavy atom. The average molecular weight is 237 g/mol. The second-order valence-electron chi connectivity index (χ2n) is 3.30. The fourth-order valence-electron chi connectivity index (χ4n) is 1.34. The molecule has 82 valence electrons. The van der Waals surface area contributed by atoms with Crippen LogP contribution in [0.15, 0.2) is 48.5 Å². The van der Waals surface area contributed by atoms with Crippen LogP contribution in [0.2, 0.25) is 5.02 Å². The summed E-state index contributed by atoms with van der Waals surface area (Å²) in [5.74, 6) is 0.352. The molecule has 16 heavy (non-hydrogen) atoms. The van der Waals surface area contributed by atoms with Crippen LogP contribution in [0.4, 0.5) is 4.39 Å². The summed E-state index contributed by atoms with van der Waals surface area (Å²) < 4.78 is 18.8. The van der Waals surface area contributed by atoms with Gasteiger partial charge in [-0.25, -0.2) is 4.39 Å². The Morgan fingerprint density at radius 1 is 1.00 bits per heavy atom. The van der Waals surface area contributed by atoms with E-state index >= 15 is 0 Å². The van der Waals surface area contributed by atoms with Gasteiger partial charge in [0.2, 0.25) is 0 Å². The number of halogens is 2. The van der Waals surface area contributed by atoms with E-state index in [1.165, 1.54) is 6.07 Å². The number of rotatable bonds is 3. The number of para-hydroxylation sites is 1. The predicted octanol–water partition coefficient (Wildman–Crippen LogP) is 4.06. The van der Waals surface area contributed by atoms with Crippen molar-refractivity contribution < 1.29 is 9.13 Å². The topological polar surface area (TPSA) is 9.23 Å². The van der Waals surface area contributed by atoms with Crippen molar-refractivity contribution >= 4 is 11.6 Å². The molecule has 0 N–H and O–H groups in total. The lowest BCUT2D eigenvalue weighted by Gasteiger charge is -2.08. The zero-order valence-corrected chi connectivity index (χ0v) is 9.25. The van der Waals surface area contributed by atoms with Crippen molar-refractivity contribution in [1.29, 1.82) is 0 Å². The summed E-state index contributed by atoms with van der Waals surface area (Å²) in [7, 11) is 0. The molecule has 0 aromatic heterocycles. The van der Waals surface area contributed by atoms with E-state index in [4.69, 9.17) is 16.3 Å². The molecule has 0 fully saturated rings. The average Bonchev–Trinajstić information content (AvgIpc) is 2.30. The molecule has 0 aliphatic carbocycles. The molecular weight excluding hydrogens is 227 g/mol. The van der Waals surface area contributed by atoms with E-state index in [2.05, 4.69) is 0 Å². The van der Waals surface area contributed by atoms with Crippen LogP contribution in [0, 0.1) is 5.82 Å². The van der Waals surface area contributed by atoms with Crippen molar-refractivity contribution in [3.8, 4) is 5.75 Å². The molecule has 0 heterocycles. The van der Waals surface area contributed by atoms with Gasteiger partial charge < -0.3 is 4.74 Å². The van der Waals surface area contributed by atoms with Gasteiger partial charge in [0, 0.05) is 5.56 Å². The van der Waals surface area contributed by atoms with Crippen LogP contribution >= 0.6 is 11.6 Å². The van der Waals surface area contributed by atoms with Crippen LogP contribution in [-0.2, 0) is 6.61 Å². The maximum atomic E-state index is 13.4. The van der Waals surface area contributed by atoms with Crippen LogP contribution in [0.3, 0.4) is 0 Å². The third kappa shape index (κ3) is 2.52. The molecule has 2 aromatic carbocycles. The molecule has 2 rings (SSSR count). The van der Waals surface area contributed by atoms with Crippen LogP contribution in [0.1, 0.15) is 5.56 Å². The highest BCUT2D eigenvalue weighted by atomic mass is 35.5. The minimum absolute atomic E-state index is 0.134. The second-order valence-corrected chi connectivity index (χ2v) is 3.71. The monoisotopic (exact) mass is 236 g/mol. The molecule has 0 radical (unpaired) electrons. The first kappa shape index (κ1) is 11.0. The number of hydrogen-bond donors (Lipinski definition) is 0. The van der Waals surface area contributed by atoms with Crippen molar-refractivity contribution in [2.24, 2.45) is 0 Å². The summed E-state index contributed by atoms with van der Waals surface area (Å²) in [6.07, 6.45) is 0. The Labute approximate surface area is 98.4 Å². The van der Waals surface area contributed by atoms with Crippen molar-refractivity contribution in [3.63, 3.8) is 0 Å². The van der Waals surface area contributed by atoms with Gasteiger partial charge in [0.25, 0.3) is 0 Å². The van der Waals surface area contributed by atoms with Crippen LogP contribution in [-0.4, -0.2) is 0 Å². The summed E-state index contributed by atoms with van der Waals surface area (Å²) in [5.41, 5.74) is 0.382. The van der Waals surface area contributed by atoms with Crippen molar-refractivity contribution in [1.82, 2.24) is 0 Å². The normalized spacial score (nSPS) is 10.1. The third-order valence-electron chi connectivity index (χ3n) is 2.19. The van der Waals surface area contributed by atoms with E-state index in [0.717, 1.165) is 0 Å². The van der Waals surface area contributed by atoms with Crippen LogP contribution in [0.25, 0.3) is 0 Å². The Kier molecular flexibility index (Phi) is 3.42. The van der Waals surface area contributed by atoms with Gasteiger partial charge in [0.05, 0.1) is 5.02 Å². The van der Waals surface area contributed by atoms with E-state index in [0.29, 0.717) is 16.3 Å². The molecule has 0 aliphatic rings. The molecule has 0 bridgehead atoms. The number of benzene rings is 2. The summed E-state index contributed by atoms with van der Waals surface area (Å²) in [6, 6.07) is 13.8. The smallest absolute Gasteiger partial charge is 0.131 e. The van der Waals surface area contributed by atoms with Gasteiger partial charge in [-0.05, 0) is 24.3 Å². The van der Waals surface area contributed by atoms with Gasteiger partial charge in [-0.3, -0.25) is 0 Å². The Balaban J connectivity index is 2.11. The number of hydrogen-bond acceptors (Lipinski definition) is 1. The molecule has 2 aromatic rings. The zero-order chi connectivity index (χ0) is 11.4. The predicted molar refractivity (Wildman–Crippen MR) is 62.2 cm³/mol. The zero-order valence-electron chi connectivity index (χ0n) is 8.49. The fourth-order valence-corrected chi connectivity index (χ4v) is 1.56. The van der Waals surface area contributed by atoms with Crippen LogP contribution in [0.5, 0.6) is 5.75 Å². The first-order chi connectivity index (χ1) is 7.77. The van der Waals surface area contributed by atoms with Gasteiger partial charge in [0.1, 0.15) is 18.2 Å². The van der Waals surface area contributed by atoms with E-state index in [1.807, 2.05) is 30.3 Å². The van der Waals surface area contributed by atoms with Crippen molar-refractivity contribution in [3.05, 3.63) is 64.9 Å². The van der Waals surface area contributed by atoms with Gasteiger partial charge >= 0.3 is 0 Å². The lowest BCUT2D eigenvalue weighted by Crippen LogP contribution is -1.99. The fraction of sp³-hybridized carbons (Fsp3) is 0.0769. The maximum absolute atomic E-state index is 13.4. The van der Waals surface area contributed by atoms with Crippen molar-refractivity contribution in [2.45, 2.75) is 6.61 Å². The Hall–Kier alpha value is -1.54. The molecule has 0 aliphatic heterocycles. The molecule has 1 nitrogen and oxygen atoms in total. The lowest BCUT2D eigenvalue weighted by atomic mass is 10.2. The van der Waals surface area contributed by atoms with Crippen LogP contribution < -0.4 is 4.74 Å². The molecule has 0 saturated carbocycles. The van der Waals surface area contributed by atoms with Gasteiger partial charge in [-0.1, -0.05) is 35.9 Å². The molecule has 0 saturated heterocycles. The Morgan fingerprint density at radius 2 is 1.75 bits per heavy atom. The molecule has 0 unspecified atom stereocenters. The Bertz CT molecular complexity index is 450. The molecule has 0 atom stereocenters. The van der Waals surface area contributed by atoms with E-state index in [-0.39, 0.29) is 12.4 Å². The van der Waals surface area contributed by atoms with Gasteiger partial charge in [-0.2, -0.15) is 0 Å². The first-order valence-electron chi connectivity index (χ1n) is 4.88. The quantitative estimate of drug-likeness (QED) is 0.781. The van der Waals surface area contributed by atoms with Crippen molar-refractivity contribution in [2.75, 3.05) is 0 Å². The lowest BCUT2D eigenvalue weighted by molar-refractivity contribution is 0.300. The molecule has 0 amide bonds. The minimum Gasteiger partial charge on any atom is -0.489 e. The second kappa shape index (κ2) is 4.99. The van der Waals surface area contributed by atoms with Gasteiger partial charge in [0.15, 0.2) is 0 Å². The highest BCUT2D eigenvalue weighted by Gasteiger charge is 2.07. The molecular formula is C13H10ClFO. The summed E-state index contributed by atoms with van der Waals surface area (Å²) in [6.45, 7) is 0.134. The SMILES string of the molecule is Fc1cccc(Cl)c1COc1ccccc1. The third-order valence-corrected chi connectivity index (χ3v) is 2.54. The summed E-state index contributed by atoms with van der Waals surface area (Å²) in [4.78, 5) is 0. The summed E-state index contributed by atoms with van der Waals surface area (Å²) in [5, 5.41) is 0.385. The number of ether oxygens (including phenoxy) is 1. The van der Waals surface area contributed by atoms with Gasteiger partial charge in [-0.15, -0.1) is 0 Å².